The lowest BCUT2D eigenvalue weighted by atomic mass is 9.95. The second-order valence-corrected chi connectivity index (χ2v) is 8.33. The number of carbonyl (C=O) groups is 2. The number of aliphatic hydroxyl groups excluding tert-OH is 1. The number of aliphatic hydroxyl groups is 1. The van der Waals surface area contributed by atoms with Gasteiger partial charge in [-0.05, 0) is 49.7 Å². The molecule has 186 valence electrons. The Morgan fingerprint density at radius 3 is 2.28 bits per heavy atom. The molecule has 0 bridgehead atoms. The van der Waals surface area contributed by atoms with E-state index in [0.717, 1.165) is 0 Å². The average molecular weight is 508 g/mol. The number of rotatable bonds is 8. The van der Waals surface area contributed by atoms with Crippen LogP contribution in [-0.2, 0) is 9.59 Å². The van der Waals surface area contributed by atoms with Crippen LogP contribution >= 0.6 is 11.6 Å². The van der Waals surface area contributed by atoms with Crippen LogP contribution in [0.3, 0.4) is 0 Å². The van der Waals surface area contributed by atoms with Crippen molar-refractivity contribution in [2.75, 3.05) is 25.2 Å². The number of halogens is 1. The zero-order chi connectivity index (χ0) is 25.8. The van der Waals surface area contributed by atoms with E-state index in [4.69, 9.17) is 25.8 Å². The predicted molar refractivity (Wildman–Crippen MR) is 138 cm³/mol. The highest BCUT2D eigenvalue weighted by Gasteiger charge is 2.47. The summed E-state index contributed by atoms with van der Waals surface area (Å²) in [5.41, 5.74) is 1.36. The number of hydrogen-bond acceptors (Lipinski definition) is 6. The fourth-order valence-electron chi connectivity index (χ4n) is 4.20. The van der Waals surface area contributed by atoms with Crippen LogP contribution in [0.25, 0.3) is 5.76 Å². The minimum atomic E-state index is -0.875. The molecule has 36 heavy (non-hydrogen) atoms. The molecule has 7 nitrogen and oxygen atoms in total. The van der Waals surface area contributed by atoms with Crippen molar-refractivity contribution < 1.29 is 28.9 Å². The summed E-state index contributed by atoms with van der Waals surface area (Å²) in [6.45, 7) is 4.55. The summed E-state index contributed by atoms with van der Waals surface area (Å²) in [6.07, 6.45) is 0. The first-order valence-electron chi connectivity index (χ1n) is 11.5. The molecule has 1 unspecified atom stereocenters. The second kappa shape index (κ2) is 10.7. The van der Waals surface area contributed by atoms with Crippen molar-refractivity contribution in [2.45, 2.75) is 19.9 Å². The zero-order valence-electron chi connectivity index (χ0n) is 20.2. The number of anilines is 1. The summed E-state index contributed by atoms with van der Waals surface area (Å²) < 4.78 is 16.6. The highest BCUT2D eigenvalue weighted by molar-refractivity contribution is 6.51. The maximum atomic E-state index is 13.4. The molecule has 1 N–H and O–H groups in total. The standard InChI is InChI=1S/C28H26ClNO6/c1-4-35-21-14-12-19(16-23(21)36-5-2)30-25(17-9-7-6-8-10-17)24(27(32)28(30)33)26(31)18-11-13-20(29)22(15-18)34-3/h6-16,25,31H,4-5H2,1-3H3/b26-24+. The van der Waals surface area contributed by atoms with Crippen LogP contribution in [0.4, 0.5) is 5.69 Å². The Morgan fingerprint density at radius 2 is 1.61 bits per heavy atom. The van der Waals surface area contributed by atoms with Crippen molar-refractivity contribution in [1.29, 1.82) is 0 Å². The molecular weight excluding hydrogens is 482 g/mol. The number of ketones is 1. The molecule has 0 aromatic heterocycles. The van der Waals surface area contributed by atoms with Crippen molar-refractivity contribution in [3.63, 3.8) is 0 Å². The molecule has 1 atom stereocenters. The molecule has 4 rings (SSSR count). The van der Waals surface area contributed by atoms with Crippen LogP contribution in [0.1, 0.15) is 31.0 Å². The van der Waals surface area contributed by atoms with Gasteiger partial charge in [0, 0.05) is 17.3 Å². The molecule has 1 saturated heterocycles. The quantitative estimate of drug-likeness (QED) is 0.236. The molecular formula is C28H26ClNO6. The fourth-order valence-corrected chi connectivity index (χ4v) is 4.40. The topological polar surface area (TPSA) is 85.3 Å². The van der Waals surface area contributed by atoms with Gasteiger partial charge in [0.15, 0.2) is 11.5 Å². The molecule has 0 radical (unpaired) electrons. The first kappa shape index (κ1) is 25.1. The van der Waals surface area contributed by atoms with E-state index < -0.39 is 17.7 Å². The van der Waals surface area contributed by atoms with Gasteiger partial charge in [0.1, 0.15) is 11.5 Å². The van der Waals surface area contributed by atoms with Gasteiger partial charge in [-0.25, -0.2) is 0 Å². The summed E-state index contributed by atoms with van der Waals surface area (Å²) >= 11 is 6.14. The van der Waals surface area contributed by atoms with Crippen LogP contribution in [0, 0.1) is 0 Å². The Kier molecular flexibility index (Phi) is 7.50. The van der Waals surface area contributed by atoms with E-state index >= 15 is 0 Å². The Bertz CT molecular complexity index is 1320. The van der Waals surface area contributed by atoms with Crippen molar-refractivity contribution >= 4 is 34.7 Å². The SMILES string of the molecule is CCOc1ccc(N2C(=O)C(=O)/C(=C(/O)c3ccc(Cl)c(OC)c3)C2c2ccccc2)cc1OCC. The van der Waals surface area contributed by atoms with Crippen molar-refractivity contribution in [3.05, 3.63) is 88.5 Å². The zero-order valence-corrected chi connectivity index (χ0v) is 20.9. The number of ether oxygens (including phenoxy) is 3. The Balaban J connectivity index is 1.91. The smallest absolute Gasteiger partial charge is 0.300 e. The second-order valence-electron chi connectivity index (χ2n) is 7.93. The summed E-state index contributed by atoms with van der Waals surface area (Å²) in [4.78, 5) is 28.1. The van der Waals surface area contributed by atoms with Gasteiger partial charge in [-0.3, -0.25) is 14.5 Å². The van der Waals surface area contributed by atoms with E-state index in [1.807, 2.05) is 32.0 Å². The first-order chi connectivity index (χ1) is 17.4. The molecule has 1 aliphatic rings. The third-order valence-electron chi connectivity index (χ3n) is 5.79. The predicted octanol–water partition coefficient (Wildman–Crippen LogP) is 5.77. The summed E-state index contributed by atoms with van der Waals surface area (Å²) in [6, 6.07) is 17.9. The van der Waals surface area contributed by atoms with Gasteiger partial charge in [0.2, 0.25) is 0 Å². The number of nitrogens with zero attached hydrogens (tertiary/aromatic N) is 1. The summed E-state index contributed by atoms with van der Waals surface area (Å²) in [5.74, 6) is -0.577. The van der Waals surface area contributed by atoms with E-state index in [-0.39, 0.29) is 11.3 Å². The van der Waals surface area contributed by atoms with Gasteiger partial charge < -0.3 is 19.3 Å². The lowest BCUT2D eigenvalue weighted by Gasteiger charge is -2.26. The van der Waals surface area contributed by atoms with Crippen molar-refractivity contribution in [3.8, 4) is 17.2 Å². The van der Waals surface area contributed by atoms with Gasteiger partial charge in [-0.1, -0.05) is 41.9 Å². The van der Waals surface area contributed by atoms with E-state index in [1.165, 1.54) is 18.1 Å². The average Bonchev–Trinajstić information content (AvgIpc) is 3.16. The van der Waals surface area contributed by atoms with E-state index in [2.05, 4.69) is 0 Å². The molecule has 0 spiro atoms. The number of benzene rings is 3. The highest BCUT2D eigenvalue weighted by atomic mass is 35.5. The Morgan fingerprint density at radius 1 is 0.917 bits per heavy atom. The summed E-state index contributed by atoms with van der Waals surface area (Å²) in [7, 11) is 1.45. The van der Waals surface area contributed by atoms with E-state index in [1.54, 1.807) is 42.5 Å². The van der Waals surface area contributed by atoms with Crippen LogP contribution in [0.2, 0.25) is 5.02 Å². The number of carbonyl (C=O) groups excluding carboxylic acids is 2. The molecule has 3 aromatic carbocycles. The van der Waals surface area contributed by atoms with Gasteiger partial charge in [0.05, 0.1) is 37.0 Å². The number of methoxy groups -OCH3 is 1. The molecule has 3 aromatic rings. The van der Waals surface area contributed by atoms with E-state index in [0.29, 0.717) is 52.3 Å². The van der Waals surface area contributed by atoms with Crippen LogP contribution in [0.15, 0.2) is 72.3 Å². The maximum absolute atomic E-state index is 13.4. The molecule has 1 amide bonds. The minimum Gasteiger partial charge on any atom is -0.507 e. The molecule has 1 heterocycles. The highest BCUT2D eigenvalue weighted by Crippen LogP contribution is 2.44. The molecule has 1 aliphatic heterocycles. The first-order valence-corrected chi connectivity index (χ1v) is 11.9. The third kappa shape index (κ3) is 4.62. The van der Waals surface area contributed by atoms with Crippen molar-refractivity contribution in [1.82, 2.24) is 0 Å². The van der Waals surface area contributed by atoms with Crippen LogP contribution in [-0.4, -0.2) is 37.1 Å². The van der Waals surface area contributed by atoms with Crippen LogP contribution < -0.4 is 19.1 Å². The van der Waals surface area contributed by atoms with Gasteiger partial charge in [-0.15, -0.1) is 0 Å². The van der Waals surface area contributed by atoms with Gasteiger partial charge >= 0.3 is 0 Å². The Hall–Kier alpha value is -3.97. The normalized spacial score (nSPS) is 16.8. The minimum absolute atomic E-state index is 0.0394. The van der Waals surface area contributed by atoms with Gasteiger partial charge in [0.25, 0.3) is 11.7 Å². The van der Waals surface area contributed by atoms with E-state index in [9.17, 15) is 14.7 Å². The molecule has 8 heteroatoms. The van der Waals surface area contributed by atoms with Crippen LogP contribution in [0.5, 0.6) is 17.2 Å². The third-order valence-corrected chi connectivity index (χ3v) is 6.10. The monoisotopic (exact) mass is 507 g/mol. The largest absolute Gasteiger partial charge is 0.507 e. The number of amides is 1. The number of Topliss-reactive ketones (excluding diaryl/α,β-unsaturated/α-hetero) is 1. The maximum Gasteiger partial charge on any atom is 0.300 e. The molecule has 1 fully saturated rings. The Labute approximate surface area is 214 Å². The number of hydrogen-bond donors (Lipinski definition) is 1. The lowest BCUT2D eigenvalue weighted by Crippen LogP contribution is -2.29. The molecule has 0 saturated carbocycles. The fraction of sp³-hybridized carbons (Fsp3) is 0.214. The van der Waals surface area contributed by atoms with Crippen molar-refractivity contribution in [2.24, 2.45) is 0 Å². The summed E-state index contributed by atoms with van der Waals surface area (Å²) in [5, 5.41) is 11.7. The van der Waals surface area contributed by atoms with Gasteiger partial charge in [-0.2, -0.15) is 0 Å². The lowest BCUT2D eigenvalue weighted by molar-refractivity contribution is -0.132. The molecule has 0 aliphatic carbocycles.